The molecule has 0 saturated carbocycles. The Hall–Kier alpha value is -2.66. The number of aromatic nitrogens is 4. The summed E-state index contributed by atoms with van der Waals surface area (Å²) in [6, 6.07) is 11.3. The molecule has 1 saturated heterocycles. The molecular formula is C26H33N5. The van der Waals surface area contributed by atoms with Crippen LogP contribution < -0.4 is 0 Å². The number of likely N-dealkylation sites (tertiary alicyclic amines) is 1. The molecule has 0 unspecified atom stereocenters. The van der Waals surface area contributed by atoms with Crippen LogP contribution in [0.3, 0.4) is 0 Å². The Bertz CT molecular complexity index is 1220. The zero-order chi connectivity index (χ0) is 21.8. The van der Waals surface area contributed by atoms with Crippen molar-refractivity contribution in [3.63, 3.8) is 0 Å². The monoisotopic (exact) mass is 415 g/mol. The maximum absolute atomic E-state index is 4.32. The zero-order valence-corrected chi connectivity index (χ0v) is 19.3. The van der Waals surface area contributed by atoms with E-state index in [-0.39, 0.29) is 5.54 Å². The number of fused-ring (bicyclic) bond motifs is 2. The summed E-state index contributed by atoms with van der Waals surface area (Å²) in [4.78, 5) is 10.6. The summed E-state index contributed by atoms with van der Waals surface area (Å²) in [6.07, 6.45) is 6.15. The Kier molecular flexibility index (Phi) is 4.89. The summed E-state index contributed by atoms with van der Waals surface area (Å²) in [7, 11) is 0. The molecule has 31 heavy (non-hydrogen) atoms. The molecule has 5 rings (SSSR count). The predicted molar refractivity (Wildman–Crippen MR) is 128 cm³/mol. The number of pyridine rings is 1. The highest BCUT2D eigenvalue weighted by Crippen LogP contribution is 2.38. The van der Waals surface area contributed by atoms with Gasteiger partial charge in [0, 0.05) is 28.2 Å². The van der Waals surface area contributed by atoms with Gasteiger partial charge in [0.05, 0.1) is 5.69 Å². The van der Waals surface area contributed by atoms with E-state index in [1.807, 2.05) is 10.6 Å². The number of piperidine rings is 1. The van der Waals surface area contributed by atoms with Crippen molar-refractivity contribution in [3.8, 4) is 11.3 Å². The summed E-state index contributed by atoms with van der Waals surface area (Å²) < 4.78 is 1.85. The van der Waals surface area contributed by atoms with E-state index in [4.69, 9.17) is 0 Å². The summed E-state index contributed by atoms with van der Waals surface area (Å²) in [5, 5.41) is 5.68. The van der Waals surface area contributed by atoms with Gasteiger partial charge in [0.2, 0.25) is 0 Å². The molecule has 0 atom stereocenters. The standard InChI is InChI=1S/C26H33N5/c1-17(2)24-21-14-19(18-10-12-30(13-11-18)26(3,4)5)6-8-22(21)29-25(24)20-7-9-23-27-16-28-31(23)15-20/h6-9,14-18,29H,10-13H2,1-5H3. The number of hydrogen-bond acceptors (Lipinski definition) is 3. The van der Waals surface area contributed by atoms with Crippen molar-refractivity contribution in [2.24, 2.45) is 0 Å². The van der Waals surface area contributed by atoms with Gasteiger partial charge in [-0.3, -0.25) is 4.90 Å². The quantitative estimate of drug-likeness (QED) is 0.448. The van der Waals surface area contributed by atoms with Gasteiger partial charge in [0.25, 0.3) is 0 Å². The second kappa shape index (κ2) is 7.49. The molecule has 1 aromatic carbocycles. The van der Waals surface area contributed by atoms with Crippen LogP contribution in [-0.4, -0.2) is 43.1 Å². The Morgan fingerprint density at radius 1 is 1.06 bits per heavy atom. The average Bonchev–Trinajstić information content (AvgIpc) is 3.36. The van der Waals surface area contributed by atoms with E-state index in [2.05, 4.69) is 85.0 Å². The van der Waals surface area contributed by atoms with Crippen LogP contribution in [-0.2, 0) is 0 Å². The van der Waals surface area contributed by atoms with E-state index in [1.54, 1.807) is 6.33 Å². The van der Waals surface area contributed by atoms with Gasteiger partial charge in [0.1, 0.15) is 6.33 Å². The fourth-order valence-electron chi connectivity index (χ4n) is 5.16. The first kappa shape index (κ1) is 20.3. The van der Waals surface area contributed by atoms with Gasteiger partial charge in [-0.1, -0.05) is 19.9 Å². The lowest BCUT2D eigenvalue weighted by molar-refractivity contribution is 0.102. The van der Waals surface area contributed by atoms with Crippen LogP contribution in [0.1, 0.15) is 70.4 Å². The fraction of sp³-hybridized carbons (Fsp3) is 0.462. The Morgan fingerprint density at radius 3 is 2.55 bits per heavy atom. The van der Waals surface area contributed by atoms with E-state index in [1.165, 1.54) is 53.7 Å². The van der Waals surface area contributed by atoms with Gasteiger partial charge in [-0.05, 0) is 93.9 Å². The van der Waals surface area contributed by atoms with Crippen molar-refractivity contribution in [2.45, 2.75) is 64.8 Å². The lowest BCUT2D eigenvalue weighted by Crippen LogP contribution is -2.45. The number of rotatable bonds is 3. The van der Waals surface area contributed by atoms with Crippen molar-refractivity contribution in [1.82, 2.24) is 24.5 Å². The summed E-state index contributed by atoms with van der Waals surface area (Å²) in [5.41, 5.74) is 7.58. The summed E-state index contributed by atoms with van der Waals surface area (Å²) >= 11 is 0. The molecular weight excluding hydrogens is 382 g/mol. The van der Waals surface area contributed by atoms with Crippen molar-refractivity contribution in [3.05, 3.63) is 54.0 Å². The number of benzene rings is 1. The van der Waals surface area contributed by atoms with E-state index in [0.717, 1.165) is 11.2 Å². The first-order chi connectivity index (χ1) is 14.8. The topological polar surface area (TPSA) is 49.2 Å². The molecule has 0 aliphatic carbocycles. The zero-order valence-electron chi connectivity index (χ0n) is 19.3. The maximum atomic E-state index is 4.32. The summed E-state index contributed by atoms with van der Waals surface area (Å²) in [6.45, 7) is 13.9. The van der Waals surface area contributed by atoms with Crippen LogP contribution in [0.5, 0.6) is 0 Å². The first-order valence-corrected chi connectivity index (χ1v) is 11.5. The van der Waals surface area contributed by atoms with E-state index in [9.17, 15) is 0 Å². The number of hydrogen-bond donors (Lipinski definition) is 1. The van der Waals surface area contributed by atoms with Crippen LogP contribution in [0.4, 0.5) is 0 Å². The minimum Gasteiger partial charge on any atom is -0.354 e. The molecule has 4 aromatic rings. The van der Waals surface area contributed by atoms with Gasteiger partial charge in [0.15, 0.2) is 5.65 Å². The molecule has 0 bridgehead atoms. The molecule has 1 aliphatic rings. The van der Waals surface area contributed by atoms with Gasteiger partial charge >= 0.3 is 0 Å². The normalized spacial score (nSPS) is 16.7. The molecule has 1 N–H and O–H groups in total. The largest absolute Gasteiger partial charge is 0.354 e. The Balaban J connectivity index is 1.52. The molecule has 0 amide bonds. The smallest absolute Gasteiger partial charge is 0.155 e. The second-order valence-electron chi connectivity index (χ2n) is 10.3. The van der Waals surface area contributed by atoms with Crippen molar-refractivity contribution >= 4 is 16.6 Å². The summed E-state index contributed by atoms with van der Waals surface area (Å²) in [5.74, 6) is 1.07. The highest BCUT2D eigenvalue weighted by molar-refractivity contribution is 5.92. The number of H-pyrrole nitrogens is 1. The second-order valence-corrected chi connectivity index (χ2v) is 10.3. The van der Waals surface area contributed by atoms with Crippen LogP contribution in [0.25, 0.3) is 27.8 Å². The molecule has 0 radical (unpaired) electrons. The van der Waals surface area contributed by atoms with Crippen molar-refractivity contribution in [2.75, 3.05) is 13.1 Å². The van der Waals surface area contributed by atoms with Gasteiger partial charge < -0.3 is 4.98 Å². The predicted octanol–water partition coefficient (Wildman–Crippen LogP) is 5.98. The molecule has 5 heteroatoms. The van der Waals surface area contributed by atoms with E-state index < -0.39 is 0 Å². The Labute approximate surface area is 184 Å². The minimum atomic E-state index is 0.264. The SMILES string of the molecule is CC(C)c1c(-c2ccc3ncnn3c2)[nH]c2ccc(C3CCN(C(C)(C)C)CC3)cc12. The third-order valence-electron chi connectivity index (χ3n) is 6.92. The van der Waals surface area contributed by atoms with Crippen molar-refractivity contribution in [1.29, 1.82) is 0 Å². The molecule has 4 heterocycles. The average molecular weight is 416 g/mol. The highest BCUT2D eigenvalue weighted by Gasteiger charge is 2.28. The molecule has 162 valence electrons. The third kappa shape index (κ3) is 3.65. The lowest BCUT2D eigenvalue weighted by atomic mass is 9.86. The lowest BCUT2D eigenvalue weighted by Gasteiger charge is -2.41. The van der Waals surface area contributed by atoms with Crippen molar-refractivity contribution < 1.29 is 0 Å². The van der Waals surface area contributed by atoms with Crippen LogP contribution in [0.2, 0.25) is 0 Å². The molecule has 1 aliphatic heterocycles. The fourth-order valence-corrected chi connectivity index (χ4v) is 5.16. The van der Waals surface area contributed by atoms with Gasteiger partial charge in [-0.25, -0.2) is 9.50 Å². The van der Waals surface area contributed by atoms with E-state index in [0.29, 0.717) is 11.8 Å². The van der Waals surface area contributed by atoms with Crippen LogP contribution in [0.15, 0.2) is 42.9 Å². The van der Waals surface area contributed by atoms with Crippen LogP contribution in [0, 0.1) is 0 Å². The molecule has 5 nitrogen and oxygen atoms in total. The minimum absolute atomic E-state index is 0.264. The highest BCUT2D eigenvalue weighted by atomic mass is 15.3. The maximum Gasteiger partial charge on any atom is 0.155 e. The van der Waals surface area contributed by atoms with Gasteiger partial charge in [-0.15, -0.1) is 0 Å². The molecule has 3 aromatic heterocycles. The number of nitrogens with zero attached hydrogens (tertiary/aromatic N) is 4. The number of aromatic amines is 1. The number of nitrogens with one attached hydrogen (secondary N) is 1. The molecule has 1 fully saturated rings. The van der Waals surface area contributed by atoms with Crippen LogP contribution >= 0.6 is 0 Å². The van der Waals surface area contributed by atoms with E-state index >= 15 is 0 Å². The third-order valence-corrected chi connectivity index (χ3v) is 6.92. The first-order valence-electron chi connectivity index (χ1n) is 11.5. The van der Waals surface area contributed by atoms with Gasteiger partial charge in [-0.2, -0.15) is 5.10 Å². The Morgan fingerprint density at radius 2 is 1.84 bits per heavy atom. The molecule has 0 spiro atoms.